The van der Waals surface area contributed by atoms with E-state index in [4.69, 9.17) is 5.11 Å². The van der Waals surface area contributed by atoms with E-state index in [0.29, 0.717) is 0 Å². The molecule has 9 heavy (non-hydrogen) atoms. The molecule has 0 aromatic carbocycles. The van der Waals surface area contributed by atoms with Gasteiger partial charge in [0.1, 0.15) is 6.67 Å². The van der Waals surface area contributed by atoms with Crippen LogP contribution in [0.2, 0.25) is 0 Å². The van der Waals surface area contributed by atoms with Crippen LogP contribution < -0.4 is 0 Å². The number of hydrogen-bond acceptors (Lipinski definition) is 2. The third-order valence-corrected chi connectivity index (χ3v) is 1.87. The molecule has 0 heterocycles. The Bertz CT molecular complexity index is 93.0. The molecule has 0 bridgehead atoms. The van der Waals surface area contributed by atoms with Gasteiger partial charge in [-0.3, -0.25) is 4.79 Å². The molecule has 2 nitrogen and oxygen atoms in total. The highest BCUT2D eigenvalue weighted by Crippen LogP contribution is 2.10. The van der Waals surface area contributed by atoms with Gasteiger partial charge in [-0.2, -0.15) is 11.8 Å². The van der Waals surface area contributed by atoms with Gasteiger partial charge in [-0.25, -0.2) is 4.39 Å². The van der Waals surface area contributed by atoms with Crippen LogP contribution in [-0.2, 0) is 4.79 Å². The Morgan fingerprint density at radius 2 is 2.44 bits per heavy atom. The summed E-state index contributed by atoms with van der Waals surface area (Å²) < 4.78 is 11.7. The van der Waals surface area contributed by atoms with Crippen molar-refractivity contribution in [2.75, 3.05) is 12.9 Å². The van der Waals surface area contributed by atoms with Gasteiger partial charge in [0.25, 0.3) is 0 Å². The van der Waals surface area contributed by atoms with Crippen LogP contribution in [0.25, 0.3) is 0 Å². The van der Waals surface area contributed by atoms with Crippen molar-refractivity contribution in [3.05, 3.63) is 0 Å². The first-order valence-electron chi connectivity index (χ1n) is 2.51. The molecule has 0 saturated carbocycles. The van der Waals surface area contributed by atoms with Crippen molar-refractivity contribution in [2.24, 2.45) is 0 Å². The van der Waals surface area contributed by atoms with E-state index in [-0.39, 0.29) is 11.7 Å². The average Bonchev–Trinajstić information content (AvgIpc) is 1.82. The minimum atomic E-state index is -0.938. The monoisotopic (exact) mass is 152 g/mol. The zero-order chi connectivity index (χ0) is 7.28. The van der Waals surface area contributed by atoms with Gasteiger partial charge >= 0.3 is 5.97 Å². The Kier molecular flexibility index (Phi) is 4.48. The molecule has 0 spiro atoms. The number of carbonyl (C=O) groups is 1. The number of rotatable bonds is 4. The molecular formula is C5H9FO2S. The number of hydrogen-bond donors (Lipinski definition) is 1. The molecule has 0 saturated heterocycles. The maximum absolute atomic E-state index is 11.7. The molecular weight excluding hydrogens is 143 g/mol. The van der Waals surface area contributed by atoms with Crippen LogP contribution in [0, 0.1) is 0 Å². The molecule has 0 rings (SSSR count). The lowest BCUT2D eigenvalue weighted by atomic mass is 10.3. The molecule has 1 unspecified atom stereocenters. The maximum atomic E-state index is 11.7. The second kappa shape index (κ2) is 4.61. The van der Waals surface area contributed by atoms with Gasteiger partial charge in [-0.05, 0) is 6.26 Å². The van der Waals surface area contributed by atoms with Crippen molar-refractivity contribution >= 4 is 17.7 Å². The lowest BCUT2D eigenvalue weighted by molar-refractivity contribution is -0.137. The number of halogens is 1. The number of carboxylic acids is 1. The number of carboxylic acid groups (broad SMARTS) is 1. The van der Waals surface area contributed by atoms with E-state index in [2.05, 4.69) is 0 Å². The Labute approximate surface area is 57.4 Å². The summed E-state index contributed by atoms with van der Waals surface area (Å²) in [5.41, 5.74) is 0. The molecule has 54 valence electrons. The average molecular weight is 152 g/mol. The Morgan fingerprint density at radius 3 is 2.56 bits per heavy atom. The molecule has 0 aromatic rings. The highest BCUT2D eigenvalue weighted by Gasteiger charge is 2.09. The SMILES string of the molecule is CSC(CF)CC(=O)O. The molecule has 0 aromatic heterocycles. The molecule has 4 heteroatoms. The molecule has 0 amide bonds. The first-order chi connectivity index (χ1) is 4.20. The first-order valence-corrected chi connectivity index (χ1v) is 3.80. The summed E-state index contributed by atoms with van der Waals surface area (Å²) >= 11 is 1.24. The Balaban J connectivity index is 3.43. The van der Waals surface area contributed by atoms with Gasteiger partial charge < -0.3 is 5.11 Å². The molecule has 0 radical (unpaired) electrons. The zero-order valence-electron chi connectivity index (χ0n) is 5.13. The first kappa shape index (κ1) is 8.75. The van der Waals surface area contributed by atoms with Gasteiger partial charge in [-0.1, -0.05) is 0 Å². The van der Waals surface area contributed by atoms with E-state index < -0.39 is 12.6 Å². The summed E-state index contributed by atoms with van der Waals surface area (Å²) in [5, 5.41) is 7.79. The lowest BCUT2D eigenvalue weighted by Crippen LogP contribution is -2.10. The molecule has 0 fully saturated rings. The van der Waals surface area contributed by atoms with Crippen LogP contribution in [0.1, 0.15) is 6.42 Å². The van der Waals surface area contributed by atoms with Gasteiger partial charge in [0.2, 0.25) is 0 Å². The van der Waals surface area contributed by atoms with E-state index in [9.17, 15) is 9.18 Å². The van der Waals surface area contributed by atoms with Crippen LogP contribution in [0.3, 0.4) is 0 Å². The Morgan fingerprint density at radius 1 is 1.89 bits per heavy atom. The molecule has 0 aliphatic carbocycles. The normalized spacial score (nSPS) is 13.1. The van der Waals surface area contributed by atoms with Crippen LogP contribution in [-0.4, -0.2) is 29.3 Å². The van der Waals surface area contributed by atoms with Gasteiger partial charge in [0.15, 0.2) is 0 Å². The van der Waals surface area contributed by atoms with Crippen LogP contribution in [0.15, 0.2) is 0 Å². The molecule has 1 atom stereocenters. The summed E-state index contributed by atoms with van der Waals surface area (Å²) in [6.45, 7) is -0.562. The second-order valence-corrected chi connectivity index (χ2v) is 2.75. The van der Waals surface area contributed by atoms with Crippen molar-refractivity contribution in [1.82, 2.24) is 0 Å². The summed E-state index contributed by atoms with van der Waals surface area (Å²) in [7, 11) is 0. The standard InChI is InChI=1S/C5H9FO2S/c1-9-4(3-6)2-5(7)8/h4H,2-3H2,1H3,(H,7,8). The number of alkyl halides is 1. The quantitative estimate of drug-likeness (QED) is 0.656. The van der Waals surface area contributed by atoms with Crippen LogP contribution in [0.5, 0.6) is 0 Å². The third kappa shape index (κ3) is 4.27. The smallest absolute Gasteiger partial charge is 0.304 e. The highest BCUT2D eigenvalue weighted by atomic mass is 32.2. The molecule has 0 aliphatic heterocycles. The summed E-state index contributed by atoms with van der Waals surface area (Å²) in [5.74, 6) is -0.938. The van der Waals surface area contributed by atoms with Crippen molar-refractivity contribution in [3.8, 4) is 0 Å². The van der Waals surface area contributed by atoms with Crippen LogP contribution >= 0.6 is 11.8 Å². The van der Waals surface area contributed by atoms with E-state index >= 15 is 0 Å². The minimum Gasteiger partial charge on any atom is -0.481 e. The van der Waals surface area contributed by atoms with Crippen molar-refractivity contribution in [2.45, 2.75) is 11.7 Å². The summed E-state index contributed by atoms with van der Waals surface area (Å²) in [6, 6.07) is 0. The fourth-order valence-corrected chi connectivity index (χ4v) is 0.831. The van der Waals surface area contributed by atoms with E-state index in [1.807, 2.05) is 0 Å². The van der Waals surface area contributed by atoms with Crippen molar-refractivity contribution in [3.63, 3.8) is 0 Å². The maximum Gasteiger partial charge on any atom is 0.304 e. The zero-order valence-corrected chi connectivity index (χ0v) is 5.95. The fourth-order valence-electron chi connectivity index (χ4n) is 0.396. The largest absolute Gasteiger partial charge is 0.481 e. The lowest BCUT2D eigenvalue weighted by Gasteiger charge is -2.03. The summed E-state index contributed by atoms with van der Waals surface area (Å²) in [4.78, 5) is 9.95. The summed E-state index contributed by atoms with van der Waals surface area (Å²) in [6.07, 6.45) is 1.62. The van der Waals surface area contributed by atoms with E-state index in [1.165, 1.54) is 11.8 Å². The second-order valence-electron chi connectivity index (χ2n) is 1.61. The highest BCUT2D eigenvalue weighted by molar-refractivity contribution is 7.99. The Hall–Kier alpha value is -0.250. The third-order valence-electron chi connectivity index (χ3n) is 0.908. The fraction of sp³-hybridized carbons (Fsp3) is 0.800. The van der Waals surface area contributed by atoms with E-state index in [0.717, 1.165) is 0 Å². The van der Waals surface area contributed by atoms with Gasteiger partial charge in [0, 0.05) is 5.25 Å². The minimum absolute atomic E-state index is 0.0856. The van der Waals surface area contributed by atoms with Crippen LogP contribution in [0.4, 0.5) is 4.39 Å². The molecule has 0 aliphatic rings. The van der Waals surface area contributed by atoms with Crippen molar-refractivity contribution < 1.29 is 14.3 Å². The number of thioether (sulfide) groups is 1. The predicted molar refractivity (Wildman–Crippen MR) is 35.5 cm³/mol. The molecule has 1 N–H and O–H groups in total. The van der Waals surface area contributed by atoms with Gasteiger partial charge in [0.05, 0.1) is 6.42 Å². The topological polar surface area (TPSA) is 37.3 Å². The van der Waals surface area contributed by atoms with Crippen molar-refractivity contribution in [1.29, 1.82) is 0 Å². The van der Waals surface area contributed by atoms with E-state index in [1.54, 1.807) is 6.26 Å². The number of aliphatic carboxylic acids is 1. The predicted octanol–water partition coefficient (Wildman–Crippen LogP) is 1.16. The van der Waals surface area contributed by atoms with Gasteiger partial charge in [-0.15, -0.1) is 0 Å².